The number of aliphatic carboxylic acids is 1. The molecule has 0 unspecified atom stereocenters. The Morgan fingerprint density at radius 1 is 1.24 bits per heavy atom. The molecule has 0 bridgehead atoms. The Kier molecular flexibility index (Phi) is 2.77. The van der Waals surface area contributed by atoms with Gasteiger partial charge in [-0.05, 0) is 25.0 Å². The first-order chi connectivity index (χ1) is 7.99. The molecule has 1 fully saturated rings. The van der Waals surface area contributed by atoms with Crippen LogP contribution in [0.15, 0.2) is 12.1 Å². The number of carboxylic acid groups (broad SMARTS) is 1. The van der Waals surface area contributed by atoms with Gasteiger partial charge < -0.3 is 10.2 Å². The van der Waals surface area contributed by atoms with Crippen LogP contribution in [-0.4, -0.2) is 16.2 Å². The minimum Gasteiger partial charge on any atom is -0.508 e. The van der Waals surface area contributed by atoms with Crippen molar-refractivity contribution in [2.24, 2.45) is 0 Å². The first-order valence-corrected chi connectivity index (χ1v) is 5.40. The molecule has 3 nitrogen and oxygen atoms in total. The predicted octanol–water partition coefficient (Wildman–Crippen LogP) is 2.57. The molecule has 0 aliphatic heterocycles. The zero-order valence-corrected chi connectivity index (χ0v) is 9.04. The topological polar surface area (TPSA) is 57.5 Å². The van der Waals surface area contributed by atoms with Crippen LogP contribution in [0.3, 0.4) is 0 Å². The van der Waals surface area contributed by atoms with E-state index in [1.165, 1.54) is 0 Å². The number of rotatable bonds is 2. The summed E-state index contributed by atoms with van der Waals surface area (Å²) in [6.07, 6.45) is 1.69. The summed E-state index contributed by atoms with van der Waals surface area (Å²) in [5.74, 6) is -4.09. The summed E-state index contributed by atoms with van der Waals surface area (Å²) >= 11 is 0. The number of phenolic OH excluding ortho intramolecular Hbond substituents is 1. The summed E-state index contributed by atoms with van der Waals surface area (Å²) < 4.78 is 26.9. The lowest BCUT2D eigenvalue weighted by Crippen LogP contribution is -2.34. The van der Waals surface area contributed by atoms with Crippen LogP contribution in [0.1, 0.15) is 31.2 Å². The van der Waals surface area contributed by atoms with Gasteiger partial charge in [0.25, 0.3) is 0 Å². The van der Waals surface area contributed by atoms with Crippen molar-refractivity contribution in [2.75, 3.05) is 0 Å². The molecule has 92 valence electrons. The molecule has 0 radical (unpaired) electrons. The average molecular weight is 242 g/mol. The lowest BCUT2D eigenvalue weighted by Gasteiger charge is -2.25. The third kappa shape index (κ3) is 1.66. The molecule has 0 amide bonds. The SMILES string of the molecule is O=C(O)C1(c2c(O)ccc(F)c2F)CCCC1. The molecule has 1 saturated carbocycles. The molecule has 17 heavy (non-hydrogen) atoms. The number of hydrogen-bond acceptors (Lipinski definition) is 2. The van der Waals surface area contributed by atoms with E-state index in [4.69, 9.17) is 0 Å². The highest BCUT2D eigenvalue weighted by molar-refractivity contribution is 5.83. The van der Waals surface area contributed by atoms with Gasteiger partial charge in [0, 0.05) is 5.56 Å². The van der Waals surface area contributed by atoms with Crippen molar-refractivity contribution in [3.8, 4) is 5.75 Å². The van der Waals surface area contributed by atoms with Crippen LogP contribution in [0.25, 0.3) is 0 Å². The molecule has 0 atom stereocenters. The molecule has 2 rings (SSSR count). The van der Waals surface area contributed by atoms with Gasteiger partial charge in [0.15, 0.2) is 11.6 Å². The maximum atomic E-state index is 13.7. The van der Waals surface area contributed by atoms with Crippen molar-refractivity contribution in [1.29, 1.82) is 0 Å². The predicted molar refractivity (Wildman–Crippen MR) is 55.8 cm³/mol. The van der Waals surface area contributed by atoms with E-state index in [1.807, 2.05) is 0 Å². The molecule has 1 aliphatic rings. The van der Waals surface area contributed by atoms with Crippen LogP contribution in [0, 0.1) is 11.6 Å². The molecule has 1 aliphatic carbocycles. The number of phenols is 1. The largest absolute Gasteiger partial charge is 0.508 e. The molecule has 5 heteroatoms. The minimum atomic E-state index is -1.49. The number of carbonyl (C=O) groups is 1. The normalized spacial score (nSPS) is 18.2. The van der Waals surface area contributed by atoms with E-state index in [0.717, 1.165) is 12.1 Å². The molecular weight excluding hydrogens is 230 g/mol. The van der Waals surface area contributed by atoms with E-state index in [-0.39, 0.29) is 12.8 Å². The van der Waals surface area contributed by atoms with E-state index in [2.05, 4.69) is 0 Å². The summed E-state index contributed by atoms with van der Waals surface area (Å²) in [7, 11) is 0. The monoisotopic (exact) mass is 242 g/mol. The fourth-order valence-electron chi connectivity index (χ4n) is 2.55. The van der Waals surface area contributed by atoms with Crippen LogP contribution in [0.2, 0.25) is 0 Å². The Morgan fingerprint density at radius 2 is 1.82 bits per heavy atom. The van der Waals surface area contributed by atoms with Gasteiger partial charge in [-0.3, -0.25) is 4.79 Å². The summed E-state index contributed by atoms with van der Waals surface area (Å²) in [5, 5.41) is 18.9. The van der Waals surface area contributed by atoms with Crippen molar-refractivity contribution in [2.45, 2.75) is 31.1 Å². The lowest BCUT2D eigenvalue weighted by molar-refractivity contribution is -0.143. The van der Waals surface area contributed by atoms with Crippen LogP contribution in [-0.2, 0) is 10.2 Å². The summed E-state index contributed by atoms with van der Waals surface area (Å²) in [4.78, 5) is 11.3. The first-order valence-electron chi connectivity index (χ1n) is 5.40. The second-order valence-corrected chi connectivity index (χ2v) is 4.35. The highest BCUT2D eigenvalue weighted by Crippen LogP contribution is 2.46. The van der Waals surface area contributed by atoms with Crippen molar-refractivity contribution < 1.29 is 23.8 Å². The third-order valence-corrected chi connectivity index (χ3v) is 3.42. The third-order valence-electron chi connectivity index (χ3n) is 3.42. The van der Waals surface area contributed by atoms with Gasteiger partial charge in [-0.1, -0.05) is 12.8 Å². The Labute approximate surface area is 96.7 Å². The van der Waals surface area contributed by atoms with Crippen molar-refractivity contribution in [1.82, 2.24) is 0 Å². The van der Waals surface area contributed by atoms with Gasteiger partial charge in [0.05, 0.1) is 5.41 Å². The molecule has 1 aromatic carbocycles. The summed E-state index contributed by atoms with van der Waals surface area (Å²) in [6.45, 7) is 0. The van der Waals surface area contributed by atoms with Crippen molar-refractivity contribution >= 4 is 5.97 Å². The standard InChI is InChI=1S/C12H12F2O3/c13-7-3-4-8(15)9(10(7)14)12(11(16)17)5-1-2-6-12/h3-4,15H,1-2,5-6H2,(H,16,17). The quantitative estimate of drug-likeness (QED) is 0.837. The number of carboxylic acids is 1. The number of benzene rings is 1. The maximum absolute atomic E-state index is 13.7. The summed E-state index contributed by atoms with van der Waals surface area (Å²) in [5.41, 5.74) is -1.90. The number of hydrogen-bond donors (Lipinski definition) is 2. The molecule has 0 heterocycles. The summed E-state index contributed by atoms with van der Waals surface area (Å²) in [6, 6.07) is 1.79. The molecule has 0 saturated heterocycles. The van der Waals surface area contributed by atoms with Gasteiger partial charge in [-0.15, -0.1) is 0 Å². The molecule has 2 N–H and O–H groups in total. The lowest BCUT2D eigenvalue weighted by atomic mass is 9.78. The highest BCUT2D eigenvalue weighted by Gasteiger charge is 2.47. The first kappa shape index (κ1) is 11.8. The zero-order chi connectivity index (χ0) is 12.6. The Morgan fingerprint density at radius 3 is 2.35 bits per heavy atom. The van der Waals surface area contributed by atoms with E-state index >= 15 is 0 Å². The van der Waals surface area contributed by atoms with Gasteiger partial charge in [0.2, 0.25) is 0 Å². The molecule has 0 spiro atoms. The van der Waals surface area contributed by atoms with Gasteiger partial charge in [0.1, 0.15) is 5.75 Å². The van der Waals surface area contributed by atoms with Crippen LogP contribution >= 0.6 is 0 Å². The number of aromatic hydroxyl groups is 1. The second kappa shape index (κ2) is 3.98. The van der Waals surface area contributed by atoms with E-state index in [9.17, 15) is 23.8 Å². The van der Waals surface area contributed by atoms with E-state index in [0.29, 0.717) is 12.8 Å². The van der Waals surface area contributed by atoms with Crippen molar-refractivity contribution in [3.05, 3.63) is 29.3 Å². The highest BCUT2D eigenvalue weighted by atomic mass is 19.2. The smallest absolute Gasteiger partial charge is 0.314 e. The van der Waals surface area contributed by atoms with Gasteiger partial charge in [-0.25, -0.2) is 8.78 Å². The van der Waals surface area contributed by atoms with E-state index in [1.54, 1.807) is 0 Å². The van der Waals surface area contributed by atoms with Gasteiger partial charge in [-0.2, -0.15) is 0 Å². The maximum Gasteiger partial charge on any atom is 0.314 e. The van der Waals surface area contributed by atoms with Crippen LogP contribution in [0.5, 0.6) is 5.75 Å². The van der Waals surface area contributed by atoms with E-state index < -0.39 is 34.3 Å². The fraction of sp³-hybridized carbons (Fsp3) is 0.417. The number of halogens is 2. The Hall–Kier alpha value is -1.65. The minimum absolute atomic E-state index is 0.219. The van der Waals surface area contributed by atoms with Gasteiger partial charge >= 0.3 is 5.97 Å². The Balaban J connectivity index is 2.66. The van der Waals surface area contributed by atoms with Crippen molar-refractivity contribution in [3.63, 3.8) is 0 Å². The second-order valence-electron chi connectivity index (χ2n) is 4.35. The molecule has 1 aromatic rings. The zero-order valence-electron chi connectivity index (χ0n) is 9.04. The molecular formula is C12H12F2O3. The van der Waals surface area contributed by atoms with Crippen LogP contribution < -0.4 is 0 Å². The molecule has 0 aromatic heterocycles. The average Bonchev–Trinajstić information content (AvgIpc) is 2.74. The fourth-order valence-corrected chi connectivity index (χ4v) is 2.55. The Bertz CT molecular complexity index is 465. The van der Waals surface area contributed by atoms with Crippen LogP contribution in [0.4, 0.5) is 8.78 Å².